The Labute approximate surface area is 110 Å². The van der Waals surface area contributed by atoms with Gasteiger partial charge in [-0.3, -0.25) is 0 Å². The number of para-hydroxylation sites is 1. The van der Waals surface area contributed by atoms with Gasteiger partial charge in [-0.25, -0.2) is 0 Å². The Morgan fingerprint density at radius 3 is 2.59 bits per heavy atom. The molecule has 0 amide bonds. The molecule has 0 radical (unpaired) electrons. The van der Waals surface area contributed by atoms with E-state index in [9.17, 15) is 0 Å². The summed E-state index contributed by atoms with van der Waals surface area (Å²) in [6, 6.07) is 8.04. The summed E-state index contributed by atoms with van der Waals surface area (Å²) >= 11 is 0. The van der Waals surface area contributed by atoms with E-state index in [0.29, 0.717) is 6.61 Å². The lowest BCUT2D eigenvalue weighted by Crippen LogP contribution is -2.12. The van der Waals surface area contributed by atoms with Crippen LogP contribution >= 0.6 is 12.4 Å². The van der Waals surface area contributed by atoms with Crippen molar-refractivity contribution in [3.05, 3.63) is 29.8 Å². The Bertz CT molecular complexity index is 307. The van der Waals surface area contributed by atoms with Gasteiger partial charge in [0.15, 0.2) is 0 Å². The van der Waals surface area contributed by atoms with Crippen molar-refractivity contribution in [2.45, 2.75) is 32.2 Å². The highest BCUT2D eigenvalue weighted by Crippen LogP contribution is 2.26. The first-order valence-electron chi connectivity index (χ1n) is 5.97. The molecule has 1 rings (SSSR count). The molecule has 4 N–H and O–H groups in total. The van der Waals surface area contributed by atoms with E-state index in [1.54, 1.807) is 0 Å². The van der Waals surface area contributed by atoms with Crippen molar-refractivity contribution >= 4 is 12.4 Å². The highest BCUT2D eigenvalue weighted by Gasteiger charge is 2.10. The van der Waals surface area contributed by atoms with E-state index < -0.39 is 0 Å². The van der Waals surface area contributed by atoms with Crippen LogP contribution in [0.5, 0.6) is 5.75 Å². The smallest absolute Gasteiger partial charge is 0.124 e. The molecule has 0 fully saturated rings. The second-order valence-electron chi connectivity index (χ2n) is 3.86. The van der Waals surface area contributed by atoms with Gasteiger partial charge in [0.2, 0.25) is 0 Å². The molecule has 0 bridgehead atoms. The van der Waals surface area contributed by atoms with E-state index in [4.69, 9.17) is 16.2 Å². The minimum Gasteiger partial charge on any atom is -0.494 e. The normalized spacial score (nSPS) is 11.7. The average Bonchev–Trinajstić information content (AvgIpc) is 2.30. The van der Waals surface area contributed by atoms with Gasteiger partial charge in [-0.15, -0.1) is 12.4 Å². The molecule has 0 unspecified atom stereocenters. The standard InChI is InChI=1S/C13H22N2O.ClH/c1-2-16-13-9-4-3-7-11(13)12(15)8-5-6-10-14;/h3-4,7,9,12H,2,5-6,8,10,14-15H2,1H3;1H/t12-;/m1./s1. The minimum absolute atomic E-state index is 0. The molecule has 0 aliphatic heterocycles. The number of rotatable bonds is 7. The van der Waals surface area contributed by atoms with Crippen molar-refractivity contribution in [2.75, 3.05) is 13.2 Å². The summed E-state index contributed by atoms with van der Waals surface area (Å²) in [5.74, 6) is 0.908. The maximum absolute atomic E-state index is 6.15. The lowest BCUT2D eigenvalue weighted by molar-refractivity contribution is 0.333. The monoisotopic (exact) mass is 258 g/mol. The second kappa shape index (κ2) is 9.28. The quantitative estimate of drug-likeness (QED) is 0.739. The van der Waals surface area contributed by atoms with Crippen molar-refractivity contribution in [3.8, 4) is 5.75 Å². The minimum atomic E-state index is 0. The Balaban J connectivity index is 0.00000256. The molecule has 3 nitrogen and oxygen atoms in total. The maximum atomic E-state index is 6.15. The summed E-state index contributed by atoms with van der Waals surface area (Å²) in [7, 11) is 0. The van der Waals surface area contributed by atoms with Gasteiger partial charge in [0, 0.05) is 11.6 Å². The predicted molar refractivity (Wildman–Crippen MR) is 74.7 cm³/mol. The molecular formula is C13H23ClN2O. The zero-order valence-electron chi connectivity index (χ0n) is 10.4. The lowest BCUT2D eigenvalue weighted by atomic mass is 10.0. The molecular weight excluding hydrogens is 236 g/mol. The zero-order valence-corrected chi connectivity index (χ0v) is 11.2. The summed E-state index contributed by atoms with van der Waals surface area (Å²) < 4.78 is 5.56. The van der Waals surface area contributed by atoms with E-state index in [2.05, 4.69) is 0 Å². The number of hydrogen-bond acceptors (Lipinski definition) is 3. The van der Waals surface area contributed by atoms with Crippen molar-refractivity contribution in [1.82, 2.24) is 0 Å². The fraction of sp³-hybridized carbons (Fsp3) is 0.538. The molecule has 0 aliphatic rings. The van der Waals surface area contributed by atoms with E-state index in [1.165, 1.54) is 0 Å². The Kier molecular flexibility index (Phi) is 8.86. The van der Waals surface area contributed by atoms with Crippen LogP contribution in [0.2, 0.25) is 0 Å². The van der Waals surface area contributed by atoms with E-state index in [1.807, 2.05) is 31.2 Å². The number of benzene rings is 1. The maximum Gasteiger partial charge on any atom is 0.124 e. The summed E-state index contributed by atoms with van der Waals surface area (Å²) in [5, 5.41) is 0. The number of nitrogens with two attached hydrogens (primary N) is 2. The molecule has 0 saturated heterocycles. The van der Waals surface area contributed by atoms with Crippen LogP contribution in [0.25, 0.3) is 0 Å². The van der Waals surface area contributed by atoms with E-state index in [0.717, 1.165) is 37.1 Å². The molecule has 0 spiro atoms. The lowest BCUT2D eigenvalue weighted by Gasteiger charge is -2.16. The Morgan fingerprint density at radius 2 is 1.94 bits per heavy atom. The average molecular weight is 259 g/mol. The van der Waals surface area contributed by atoms with Gasteiger partial charge < -0.3 is 16.2 Å². The highest BCUT2D eigenvalue weighted by molar-refractivity contribution is 5.85. The van der Waals surface area contributed by atoms with Crippen molar-refractivity contribution in [3.63, 3.8) is 0 Å². The first-order chi connectivity index (χ1) is 7.79. The fourth-order valence-corrected chi connectivity index (χ4v) is 1.74. The molecule has 98 valence electrons. The van der Waals surface area contributed by atoms with E-state index >= 15 is 0 Å². The van der Waals surface area contributed by atoms with Gasteiger partial charge >= 0.3 is 0 Å². The second-order valence-corrected chi connectivity index (χ2v) is 3.86. The van der Waals surface area contributed by atoms with Crippen LogP contribution in [0.1, 0.15) is 37.8 Å². The van der Waals surface area contributed by atoms with Gasteiger partial charge in [-0.2, -0.15) is 0 Å². The Hall–Kier alpha value is -0.770. The summed E-state index contributed by atoms with van der Waals surface area (Å²) in [6.45, 7) is 3.39. The molecule has 0 saturated carbocycles. The molecule has 0 aromatic heterocycles. The van der Waals surface area contributed by atoms with Gasteiger partial charge in [0.1, 0.15) is 5.75 Å². The summed E-state index contributed by atoms with van der Waals surface area (Å²) in [5.41, 5.74) is 12.7. The number of hydrogen-bond donors (Lipinski definition) is 2. The number of ether oxygens (including phenoxy) is 1. The van der Waals surface area contributed by atoms with Crippen LogP contribution in [0.15, 0.2) is 24.3 Å². The molecule has 1 atom stereocenters. The zero-order chi connectivity index (χ0) is 11.8. The van der Waals surface area contributed by atoms with Crippen molar-refractivity contribution in [2.24, 2.45) is 11.5 Å². The van der Waals surface area contributed by atoms with Crippen LogP contribution in [0, 0.1) is 0 Å². The largest absolute Gasteiger partial charge is 0.494 e. The third kappa shape index (κ3) is 5.39. The fourth-order valence-electron chi connectivity index (χ4n) is 1.74. The molecule has 1 aromatic rings. The van der Waals surface area contributed by atoms with Gasteiger partial charge in [0.25, 0.3) is 0 Å². The summed E-state index contributed by atoms with van der Waals surface area (Å²) in [6.07, 6.45) is 3.06. The first kappa shape index (κ1) is 16.2. The van der Waals surface area contributed by atoms with Crippen LogP contribution in [0.3, 0.4) is 0 Å². The first-order valence-corrected chi connectivity index (χ1v) is 5.97. The van der Waals surface area contributed by atoms with Crippen LogP contribution in [0.4, 0.5) is 0 Å². The van der Waals surface area contributed by atoms with E-state index in [-0.39, 0.29) is 18.4 Å². The Morgan fingerprint density at radius 1 is 1.24 bits per heavy atom. The number of halogens is 1. The predicted octanol–water partition coefficient (Wildman–Crippen LogP) is 2.64. The topological polar surface area (TPSA) is 61.3 Å². The SMILES string of the molecule is CCOc1ccccc1[C@H](N)CCCCN.Cl. The molecule has 0 heterocycles. The molecule has 1 aromatic carbocycles. The van der Waals surface area contributed by atoms with Crippen molar-refractivity contribution < 1.29 is 4.74 Å². The highest BCUT2D eigenvalue weighted by atomic mass is 35.5. The van der Waals surface area contributed by atoms with Gasteiger partial charge in [-0.1, -0.05) is 24.6 Å². The van der Waals surface area contributed by atoms with Crippen molar-refractivity contribution in [1.29, 1.82) is 0 Å². The number of unbranched alkanes of at least 4 members (excludes halogenated alkanes) is 1. The van der Waals surface area contributed by atoms with Gasteiger partial charge in [-0.05, 0) is 32.4 Å². The van der Waals surface area contributed by atoms with Crippen LogP contribution < -0.4 is 16.2 Å². The molecule has 0 aliphatic carbocycles. The molecule has 17 heavy (non-hydrogen) atoms. The third-order valence-corrected chi connectivity index (χ3v) is 2.59. The summed E-state index contributed by atoms with van der Waals surface area (Å²) in [4.78, 5) is 0. The third-order valence-electron chi connectivity index (χ3n) is 2.59. The van der Waals surface area contributed by atoms with Crippen LogP contribution in [-0.4, -0.2) is 13.2 Å². The van der Waals surface area contributed by atoms with Crippen LogP contribution in [-0.2, 0) is 0 Å². The molecule has 4 heteroatoms. The van der Waals surface area contributed by atoms with Gasteiger partial charge in [0.05, 0.1) is 6.61 Å².